The summed E-state index contributed by atoms with van der Waals surface area (Å²) in [7, 11) is -4.27. The van der Waals surface area contributed by atoms with Gasteiger partial charge in [0, 0.05) is 29.0 Å². The zero-order valence-corrected chi connectivity index (χ0v) is 23.4. The topological polar surface area (TPSA) is 115 Å². The molecule has 2 aromatic rings. The number of hydrogen-bond donors (Lipinski definition) is 2. The van der Waals surface area contributed by atoms with Crippen molar-refractivity contribution in [2.75, 3.05) is 11.4 Å². The average molecular weight is 505 g/mol. The van der Waals surface area contributed by atoms with Crippen LogP contribution < -0.4 is 64.0 Å². The van der Waals surface area contributed by atoms with Gasteiger partial charge >= 0.3 is 59.1 Å². The Kier molecular flexibility index (Phi) is 13.4. The molecule has 29 heavy (non-hydrogen) atoms. The van der Waals surface area contributed by atoms with Gasteiger partial charge in [0.05, 0.1) is 0 Å². The minimum atomic E-state index is -4.27. The molecule has 1 atom stereocenters. The normalized spacial score (nSPS) is 12.1. The molecule has 0 aliphatic heterocycles. The standard InChI is InChI=1S/C17H21BrN4O4S.2Na.2H/c1-3-9-22(17(4-2)27(24,25)26)13-6-7-14(15(23)10-13)20-21-16-8-5-12(18)11-19-16;;;;/h5-8,10-11,17,23H,3-4,9H2,1-2H3,(H,24,25,26);;;;/q;2*+1;2*-1. The molecule has 1 heterocycles. The van der Waals surface area contributed by atoms with E-state index in [-0.39, 0.29) is 79.8 Å². The third kappa shape index (κ3) is 8.54. The number of aromatic hydroxyl groups is 1. The van der Waals surface area contributed by atoms with Gasteiger partial charge in [-0.05, 0) is 53.0 Å². The first-order valence-electron chi connectivity index (χ1n) is 8.35. The second kappa shape index (κ2) is 13.4. The van der Waals surface area contributed by atoms with Crippen LogP contribution in [0.25, 0.3) is 0 Å². The van der Waals surface area contributed by atoms with Crippen LogP contribution in [0.3, 0.4) is 0 Å². The van der Waals surface area contributed by atoms with Crippen LogP contribution in [-0.4, -0.2) is 35.0 Å². The van der Waals surface area contributed by atoms with Gasteiger partial charge in [-0.15, -0.1) is 10.2 Å². The summed E-state index contributed by atoms with van der Waals surface area (Å²) in [5.74, 6) is 0.228. The molecule has 0 amide bonds. The van der Waals surface area contributed by atoms with Crippen molar-refractivity contribution in [3.63, 3.8) is 0 Å². The van der Waals surface area contributed by atoms with E-state index in [2.05, 4.69) is 31.1 Å². The quantitative estimate of drug-likeness (QED) is 0.271. The van der Waals surface area contributed by atoms with Crippen molar-refractivity contribution in [3.8, 4) is 5.75 Å². The maximum atomic E-state index is 11.7. The van der Waals surface area contributed by atoms with E-state index in [1.807, 2.05) is 6.92 Å². The Hall–Kier alpha value is -0.0400. The number of phenolic OH excluding ortho intramolecular Hbond substituents is 1. The molecule has 1 aromatic heterocycles. The smallest absolute Gasteiger partial charge is 1.00 e. The molecular weight excluding hydrogens is 482 g/mol. The Bertz CT molecular complexity index is 925. The molecule has 2 N–H and O–H groups in total. The molecule has 0 saturated heterocycles. The van der Waals surface area contributed by atoms with Crippen LogP contribution in [0.15, 0.2) is 51.2 Å². The van der Waals surface area contributed by atoms with Gasteiger partial charge in [-0.1, -0.05) is 13.8 Å². The van der Waals surface area contributed by atoms with Crippen molar-refractivity contribution in [3.05, 3.63) is 41.0 Å². The number of rotatable bonds is 8. The van der Waals surface area contributed by atoms with Crippen molar-refractivity contribution in [2.45, 2.75) is 32.1 Å². The van der Waals surface area contributed by atoms with E-state index >= 15 is 0 Å². The van der Waals surface area contributed by atoms with Crippen LogP contribution >= 0.6 is 15.9 Å². The van der Waals surface area contributed by atoms with Gasteiger partial charge in [0.1, 0.15) is 11.4 Å². The number of benzene rings is 1. The second-order valence-corrected chi connectivity index (χ2v) is 8.27. The number of anilines is 1. The first kappa shape index (κ1) is 29.0. The van der Waals surface area contributed by atoms with Crippen molar-refractivity contribution in [1.29, 1.82) is 0 Å². The van der Waals surface area contributed by atoms with Crippen LogP contribution in [0.4, 0.5) is 17.2 Å². The van der Waals surface area contributed by atoms with Gasteiger partial charge in [-0.25, -0.2) is 4.98 Å². The molecule has 0 radical (unpaired) electrons. The van der Waals surface area contributed by atoms with Crippen LogP contribution in [0.1, 0.15) is 29.5 Å². The fourth-order valence-corrected chi connectivity index (χ4v) is 3.78. The Morgan fingerprint density at radius 2 is 1.90 bits per heavy atom. The molecule has 0 fully saturated rings. The largest absolute Gasteiger partial charge is 1.00 e. The monoisotopic (exact) mass is 504 g/mol. The molecule has 0 saturated carbocycles. The van der Waals surface area contributed by atoms with E-state index < -0.39 is 15.5 Å². The van der Waals surface area contributed by atoms with E-state index in [1.165, 1.54) is 12.1 Å². The summed E-state index contributed by atoms with van der Waals surface area (Å²) in [5, 5.41) is 17.1. The molecule has 0 bridgehead atoms. The van der Waals surface area contributed by atoms with Crippen LogP contribution in [0, 0.1) is 0 Å². The third-order valence-electron chi connectivity index (χ3n) is 3.77. The van der Waals surface area contributed by atoms with Gasteiger partial charge in [0.15, 0.2) is 11.2 Å². The zero-order chi connectivity index (χ0) is 20.0. The summed E-state index contributed by atoms with van der Waals surface area (Å²) >= 11 is 3.28. The molecule has 0 spiro atoms. The molecule has 0 aliphatic carbocycles. The number of pyridine rings is 1. The Balaban J connectivity index is -0.00000196. The number of aromatic nitrogens is 1. The van der Waals surface area contributed by atoms with E-state index in [4.69, 9.17) is 0 Å². The summed E-state index contributed by atoms with van der Waals surface area (Å²) in [6.07, 6.45) is 2.46. The van der Waals surface area contributed by atoms with Gasteiger partial charge in [0.25, 0.3) is 10.1 Å². The molecule has 12 heteroatoms. The van der Waals surface area contributed by atoms with Crippen molar-refractivity contribution < 1.29 is 80.0 Å². The van der Waals surface area contributed by atoms with Crippen LogP contribution in [0.2, 0.25) is 0 Å². The van der Waals surface area contributed by atoms with Gasteiger partial charge in [0.2, 0.25) is 0 Å². The van der Waals surface area contributed by atoms with Crippen LogP contribution in [0.5, 0.6) is 5.75 Å². The van der Waals surface area contributed by atoms with E-state index in [0.717, 1.165) is 4.47 Å². The van der Waals surface area contributed by atoms with E-state index in [0.29, 0.717) is 24.5 Å². The zero-order valence-electron chi connectivity index (χ0n) is 18.9. The summed E-state index contributed by atoms with van der Waals surface area (Å²) in [5.41, 5.74) is 0.694. The van der Waals surface area contributed by atoms with Gasteiger partial charge < -0.3 is 12.9 Å². The van der Waals surface area contributed by atoms with Gasteiger partial charge in [-0.2, -0.15) is 8.42 Å². The summed E-state index contributed by atoms with van der Waals surface area (Å²) in [6.45, 7) is 3.98. The second-order valence-electron chi connectivity index (χ2n) is 5.78. The first-order valence-corrected chi connectivity index (χ1v) is 10.6. The number of hydrogen-bond acceptors (Lipinski definition) is 7. The summed E-state index contributed by atoms with van der Waals surface area (Å²) in [4.78, 5) is 5.61. The molecule has 1 aromatic carbocycles. The number of halogens is 1. The molecule has 1 unspecified atom stereocenters. The van der Waals surface area contributed by atoms with Crippen molar-refractivity contribution >= 4 is 43.2 Å². The molecule has 2 rings (SSSR count). The maximum Gasteiger partial charge on any atom is 1.00 e. The molecule has 8 nitrogen and oxygen atoms in total. The maximum absolute atomic E-state index is 11.7. The molecule has 150 valence electrons. The predicted octanol–water partition coefficient (Wildman–Crippen LogP) is -0.962. The van der Waals surface area contributed by atoms with Crippen LogP contribution in [-0.2, 0) is 10.1 Å². The molecule has 0 aliphatic rings. The minimum Gasteiger partial charge on any atom is -1.00 e. The van der Waals surface area contributed by atoms with E-state index in [9.17, 15) is 18.1 Å². The van der Waals surface area contributed by atoms with Crippen molar-refractivity contribution in [2.24, 2.45) is 10.2 Å². The third-order valence-corrected chi connectivity index (χ3v) is 5.51. The SMILES string of the molecule is CCCN(c1ccc(N=Nc2ccc(Br)cn2)c(O)c1)C(CC)S(=O)(=O)O.[H-].[H-].[Na+].[Na+]. The first-order chi connectivity index (χ1) is 12.8. The average Bonchev–Trinajstić information content (AvgIpc) is 2.61. The Morgan fingerprint density at radius 1 is 1.21 bits per heavy atom. The summed E-state index contributed by atoms with van der Waals surface area (Å²) < 4.78 is 33.7. The number of azo groups is 1. The van der Waals surface area contributed by atoms with Crippen molar-refractivity contribution in [1.82, 2.24) is 4.98 Å². The minimum absolute atomic E-state index is 0. The fourth-order valence-electron chi connectivity index (χ4n) is 2.58. The molecular formula is C17H23BrN4Na2O4S. The van der Waals surface area contributed by atoms with Gasteiger partial charge in [-0.3, -0.25) is 4.55 Å². The Morgan fingerprint density at radius 3 is 2.38 bits per heavy atom. The fraction of sp³-hybridized carbons (Fsp3) is 0.353. The Labute approximate surface area is 226 Å². The number of nitrogens with zero attached hydrogens (tertiary/aromatic N) is 4. The van der Waals surface area contributed by atoms with E-state index in [1.54, 1.807) is 36.2 Å². The summed E-state index contributed by atoms with van der Waals surface area (Å²) in [6, 6.07) is 8.01. The number of phenols is 1. The predicted molar refractivity (Wildman–Crippen MR) is 110 cm³/mol.